The van der Waals surface area contributed by atoms with Crippen molar-refractivity contribution in [3.63, 3.8) is 0 Å². The molecular formula is C13H13N3O5S. The number of thiazole rings is 1. The number of rotatable bonds is 4. The summed E-state index contributed by atoms with van der Waals surface area (Å²) in [5.41, 5.74) is 0.365. The van der Waals surface area contributed by atoms with E-state index in [4.69, 9.17) is 0 Å². The van der Waals surface area contributed by atoms with Crippen molar-refractivity contribution >= 4 is 39.1 Å². The number of methoxy groups -OCH3 is 1. The highest BCUT2D eigenvalue weighted by Gasteiger charge is 2.15. The molecule has 1 aromatic carbocycles. The first kappa shape index (κ1) is 15.8. The van der Waals surface area contributed by atoms with Crippen molar-refractivity contribution in [2.24, 2.45) is 4.99 Å². The van der Waals surface area contributed by atoms with Gasteiger partial charge in [0, 0.05) is 18.6 Å². The minimum Gasteiger partial charge on any atom is -0.468 e. The van der Waals surface area contributed by atoms with Crippen molar-refractivity contribution in [1.82, 2.24) is 4.57 Å². The lowest BCUT2D eigenvalue weighted by Gasteiger charge is -2.03. The fourth-order valence-electron chi connectivity index (χ4n) is 1.79. The number of nitro groups is 1. The van der Waals surface area contributed by atoms with Crippen LogP contribution in [0.15, 0.2) is 23.2 Å². The molecule has 0 saturated carbocycles. The monoisotopic (exact) mass is 323 g/mol. The zero-order chi connectivity index (χ0) is 16.3. The summed E-state index contributed by atoms with van der Waals surface area (Å²) in [5.74, 6) is -0.865. The average molecular weight is 323 g/mol. The molecule has 1 aromatic heterocycles. The number of benzene rings is 1. The van der Waals surface area contributed by atoms with Crippen molar-refractivity contribution in [3.05, 3.63) is 33.1 Å². The summed E-state index contributed by atoms with van der Waals surface area (Å²) in [7, 11) is 1.24. The van der Waals surface area contributed by atoms with Gasteiger partial charge in [-0.15, -0.1) is 0 Å². The Kier molecular flexibility index (Phi) is 4.66. The molecule has 0 N–H and O–H groups in total. The van der Waals surface area contributed by atoms with Crippen molar-refractivity contribution in [1.29, 1.82) is 0 Å². The lowest BCUT2D eigenvalue weighted by molar-refractivity contribution is -0.384. The van der Waals surface area contributed by atoms with E-state index in [-0.39, 0.29) is 24.6 Å². The number of carbonyl (C=O) groups is 2. The number of aromatic nitrogens is 1. The first-order valence-electron chi connectivity index (χ1n) is 6.38. The summed E-state index contributed by atoms with van der Waals surface area (Å²) < 4.78 is 6.76. The van der Waals surface area contributed by atoms with E-state index in [9.17, 15) is 19.7 Å². The third kappa shape index (κ3) is 3.19. The van der Waals surface area contributed by atoms with Gasteiger partial charge >= 0.3 is 5.97 Å². The smallest absolute Gasteiger partial charge is 0.325 e. The highest BCUT2D eigenvalue weighted by Crippen LogP contribution is 2.23. The molecule has 0 aliphatic heterocycles. The van der Waals surface area contributed by atoms with Crippen LogP contribution in [0.1, 0.15) is 13.3 Å². The summed E-state index contributed by atoms with van der Waals surface area (Å²) in [6, 6.07) is 4.29. The van der Waals surface area contributed by atoms with Gasteiger partial charge in [0.1, 0.15) is 6.54 Å². The van der Waals surface area contributed by atoms with E-state index in [2.05, 4.69) is 9.73 Å². The van der Waals surface area contributed by atoms with Crippen LogP contribution in [-0.2, 0) is 20.9 Å². The van der Waals surface area contributed by atoms with Gasteiger partial charge in [-0.2, -0.15) is 4.99 Å². The van der Waals surface area contributed by atoms with Crippen LogP contribution in [0.3, 0.4) is 0 Å². The van der Waals surface area contributed by atoms with E-state index < -0.39 is 10.9 Å². The largest absolute Gasteiger partial charge is 0.468 e. The maximum atomic E-state index is 11.6. The summed E-state index contributed by atoms with van der Waals surface area (Å²) >= 11 is 1.19. The van der Waals surface area contributed by atoms with E-state index in [0.29, 0.717) is 15.0 Å². The summed E-state index contributed by atoms with van der Waals surface area (Å²) in [6.07, 6.45) is 0.229. The van der Waals surface area contributed by atoms with E-state index in [1.807, 2.05) is 0 Å². The first-order chi connectivity index (χ1) is 10.5. The molecule has 9 heteroatoms. The second-order valence-electron chi connectivity index (χ2n) is 4.32. The Bertz CT molecular complexity index is 821. The molecule has 8 nitrogen and oxygen atoms in total. The van der Waals surface area contributed by atoms with Gasteiger partial charge in [0.15, 0.2) is 4.80 Å². The minimum absolute atomic E-state index is 0.0997. The molecule has 2 rings (SSSR count). The molecule has 0 bridgehead atoms. The minimum atomic E-state index is -0.531. The summed E-state index contributed by atoms with van der Waals surface area (Å²) in [4.78, 5) is 37.7. The molecule has 0 fully saturated rings. The summed E-state index contributed by atoms with van der Waals surface area (Å²) in [5, 5.41) is 10.9. The van der Waals surface area contributed by atoms with Gasteiger partial charge < -0.3 is 9.30 Å². The Labute approximate surface area is 128 Å². The van der Waals surface area contributed by atoms with Crippen LogP contribution < -0.4 is 4.80 Å². The predicted molar refractivity (Wildman–Crippen MR) is 79.3 cm³/mol. The van der Waals surface area contributed by atoms with E-state index in [0.717, 1.165) is 0 Å². The zero-order valence-corrected chi connectivity index (χ0v) is 12.8. The van der Waals surface area contributed by atoms with Gasteiger partial charge in [-0.05, 0) is 6.07 Å². The molecule has 0 radical (unpaired) electrons. The number of carbonyl (C=O) groups excluding carboxylic acids is 2. The fourth-order valence-corrected chi connectivity index (χ4v) is 2.82. The molecule has 22 heavy (non-hydrogen) atoms. The highest BCUT2D eigenvalue weighted by atomic mass is 32.1. The second kappa shape index (κ2) is 6.48. The molecular weight excluding hydrogens is 310 g/mol. The normalized spacial score (nSPS) is 11.6. The van der Waals surface area contributed by atoms with Gasteiger partial charge in [0.2, 0.25) is 5.91 Å². The Hall–Kier alpha value is -2.55. The Morgan fingerprint density at radius 1 is 1.45 bits per heavy atom. The van der Waals surface area contributed by atoms with Crippen molar-refractivity contribution in [2.75, 3.05) is 7.11 Å². The number of hydrogen-bond acceptors (Lipinski definition) is 6. The van der Waals surface area contributed by atoms with Gasteiger partial charge in [-0.1, -0.05) is 18.3 Å². The van der Waals surface area contributed by atoms with Crippen LogP contribution >= 0.6 is 11.3 Å². The van der Waals surface area contributed by atoms with Gasteiger partial charge in [-0.25, -0.2) is 0 Å². The van der Waals surface area contributed by atoms with Crippen LogP contribution in [0.25, 0.3) is 10.2 Å². The molecule has 1 amide bonds. The van der Waals surface area contributed by atoms with Crippen LogP contribution in [0, 0.1) is 10.1 Å². The second-order valence-corrected chi connectivity index (χ2v) is 5.32. The quantitative estimate of drug-likeness (QED) is 0.483. The molecule has 116 valence electrons. The number of hydrogen-bond donors (Lipinski definition) is 0. The lowest BCUT2D eigenvalue weighted by atomic mass is 10.3. The first-order valence-corrected chi connectivity index (χ1v) is 7.20. The number of fused-ring (bicyclic) bond motifs is 1. The fraction of sp³-hybridized carbons (Fsp3) is 0.308. The van der Waals surface area contributed by atoms with Crippen molar-refractivity contribution in [3.8, 4) is 0 Å². The van der Waals surface area contributed by atoms with Gasteiger partial charge in [0.05, 0.1) is 22.2 Å². The highest BCUT2D eigenvalue weighted by molar-refractivity contribution is 7.16. The molecule has 1 heterocycles. The third-order valence-electron chi connectivity index (χ3n) is 2.91. The Morgan fingerprint density at radius 2 is 2.18 bits per heavy atom. The van der Waals surface area contributed by atoms with Gasteiger partial charge in [0.25, 0.3) is 5.69 Å². The SMILES string of the molecule is CCC(=O)N=c1sc2ccc([N+](=O)[O-])cc2n1CC(=O)OC. The number of non-ortho nitro benzene ring substituents is 1. The molecule has 0 aliphatic rings. The molecule has 2 aromatic rings. The van der Waals surface area contributed by atoms with Crippen LogP contribution in [0.5, 0.6) is 0 Å². The molecule has 0 aliphatic carbocycles. The molecule has 0 atom stereocenters. The molecule has 0 unspecified atom stereocenters. The van der Waals surface area contributed by atoms with E-state index >= 15 is 0 Å². The van der Waals surface area contributed by atoms with Crippen molar-refractivity contribution < 1.29 is 19.2 Å². The topological polar surface area (TPSA) is 104 Å². The van der Waals surface area contributed by atoms with Crippen LogP contribution in [0.4, 0.5) is 5.69 Å². The maximum Gasteiger partial charge on any atom is 0.325 e. The number of ether oxygens (including phenoxy) is 1. The number of nitro benzene ring substituents is 1. The zero-order valence-electron chi connectivity index (χ0n) is 11.9. The van der Waals surface area contributed by atoms with Gasteiger partial charge in [-0.3, -0.25) is 19.7 Å². The van der Waals surface area contributed by atoms with E-state index in [1.165, 1.54) is 35.1 Å². The number of esters is 1. The number of nitrogens with zero attached hydrogens (tertiary/aromatic N) is 3. The molecule has 0 saturated heterocycles. The standard InChI is InChI=1S/C13H13N3O5S/c1-3-11(17)14-13-15(7-12(18)21-2)9-6-8(16(19)20)4-5-10(9)22-13/h4-6H,3,7H2,1-2H3. The Morgan fingerprint density at radius 3 is 2.77 bits per heavy atom. The average Bonchev–Trinajstić information content (AvgIpc) is 2.83. The summed E-state index contributed by atoms with van der Waals surface area (Å²) in [6.45, 7) is 1.50. The Balaban J connectivity index is 2.70. The predicted octanol–water partition coefficient (Wildman–Crippen LogP) is 1.62. The van der Waals surface area contributed by atoms with Crippen molar-refractivity contribution in [2.45, 2.75) is 19.9 Å². The molecule has 0 spiro atoms. The van der Waals surface area contributed by atoms with E-state index in [1.54, 1.807) is 13.0 Å². The van der Waals surface area contributed by atoms with Crippen LogP contribution in [0.2, 0.25) is 0 Å². The maximum absolute atomic E-state index is 11.6. The number of amides is 1. The third-order valence-corrected chi connectivity index (χ3v) is 3.97. The lowest BCUT2D eigenvalue weighted by Crippen LogP contribution is -2.22. The van der Waals surface area contributed by atoms with Crippen LogP contribution in [-0.4, -0.2) is 28.5 Å².